The summed E-state index contributed by atoms with van der Waals surface area (Å²) in [5, 5.41) is 14.9. The number of aliphatic hydroxyl groups is 1. The maximum Gasteiger partial charge on any atom is 0.412 e. The van der Waals surface area contributed by atoms with Gasteiger partial charge in [0, 0.05) is 18.9 Å². The molecule has 0 aliphatic carbocycles. The first-order valence-electron chi connectivity index (χ1n) is 10.8. The summed E-state index contributed by atoms with van der Waals surface area (Å²) < 4.78 is 15.6. The largest absolute Gasteiger partial charge is 0.497 e. The second kappa shape index (κ2) is 11.9. The molecule has 33 heavy (non-hydrogen) atoms. The lowest BCUT2D eigenvalue weighted by atomic mass is 9.91. The Balaban J connectivity index is 1.63. The predicted molar refractivity (Wildman–Crippen MR) is 123 cm³/mol. The van der Waals surface area contributed by atoms with Crippen LogP contribution in [0.3, 0.4) is 0 Å². The van der Waals surface area contributed by atoms with Crippen LogP contribution in [0.2, 0.25) is 0 Å². The minimum Gasteiger partial charge on any atom is -0.497 e. The molecule has 1 heterocycles. The maximum atomic E-state index is 12.5. The summed E-state index contributed by atoms with van der Waals surface area (Å²) in [6.07, 6.45) is -1.13. The monoisotopic (exact) mass is 455 g/mol. The molecule has 3 rings (SSSR count). The Hall–Kier alpha value is -3.59. The highest BCUT2D eigenvalue weighted by molar-refractivity contribution is 6.37. The molecule has 0 radical (unpaired) electrons. The smallest absolute Gasteiger partial charge is 0.412 e. The summed E-state index contributed by atoms with van der Waals surface area (Å²) in [5.41, 5.74) is 4.56. The molecule has 1 saturated heterocycles. The first-order chi connectivity index (χ1) is 16.0. The van der Waals surface area contributed by atoms with Gasteiger partial charge in [-0.2, -0.15) is 5.10 Å². The third-order valence-electron chi connectivity index (χ3n) is 5.28. The Morgan fingerprint density at radius 3 is 2.48 bits per heavy atom. The number of esters is 1. The van der Waals surface area contributed by atoms with Gasteiger partial charge in [-0.1, -0.05) is 30.3 Å². The van der Waals surface area contributed by atoms with Gasteiger partial charge in [-0.25, -0.2) is 9.59 Å². The van der Waals surface area contributed by atoms with E-state index in [-0.39, 0.29) is 37.8 Å². The first-order valence-corrected chi connectivity index (χ1v) is 10.8. The third kappa shape index (κ3) is 6.69. The van der Waals surface area contributed by atoms with Crippen LogP contribution < -0.4 is 10.2 Å². The number of nitrogens with zero attached hydrogens (tertiary/aromatic N) is 2. The third-order valence-corrected chi connectivity index (χ3v) is 5.28. The van der Waals surface area contributed by atoms with Crippen LogP contribution in [-0.4, -0.2) is 54.3 Å². The number of likely N-dealkylation sites (tertiary alicyclic amines) is 1. The average molecular weight is 456 g/mol. The molecule has 1 aliphatic heterocycles. The van der Waals surface area contributed by atoms with Crippen molar-refractivity contribution in [3.05, 3.63) is 60.2 Å². The quantitative estimate of drug-likeness (QED) is 0.357. The highest BCUT2D eigenvalue weighted by atomic mass is 16.6. The van der Waals surface area contributed by atoms with Crippen LogP contribution in [-0.2, 0) is 20.9 Å². The van der Waals surface area contributed by atoms with Gasteiger partial charge >= 0.3 is 12.1 Å². The van der Waals surface area contributed by atoms with Crippen LogP contribution in [0.4, 0.5) is 10.5 Å². The first kappa shape index (κ1) is 24.1. The molecule has 1 aliphatic rings. The van der Waals surface area contributed by atoms with Crippen LogP contribution >= 0.6 is 0 Å². The van der Waals surface area contributed by atoms with Gasteiger partial charge in [0.05, 0.1) is 19.4 Å². The average Bonchev–Trinajstić information content (AvgIpc) is 2.84. The fraction of sp³-hybridized carbons (Fsp3) is 0.375. The minimum absolute atomic E-state index is 0.119. The van der Waals surface area contributed by atoms with Gasteiger partial charge in [0.15, 0.2) is 0 Å². The van der Waals surface area contributed by atoms with Gasteiger partial charge in [0.25, 0.3) is 0 Å². The molecule has 0 spiro atoms. The number of ether oxygens (including phenoxy) is 3. The van der Waals surface area contributed by atoms with Crippen LogP contribution in [0.5, 0.6) is 5.75 Å². The van der Waals surface area contributed by atoms with Crippen molar-refractivity contribution in [2.75, 3.05) is 25.7 Å². The Bertz CT molecular complexity index is 948. The van der Waals surface area contributed by atoms with Crippen molar-refractivity contribution < 1.29 is 28.9 Å². The number of aliphatic hydroxyl groups excluding tert-OH is 1. The molecular formula is C24H29N3O6. The van der Waals surface area contributed by atoms with E-state index < -0.39 is 18.3 Å². The van der Waals surface area contributed by atoms with E-state index in [0.29, 0.717) is 17.9 Å². The summed E-state index contributed by atoms with van der Waals surface area (Å²) in [6, 6.07) is 16.4. The van der Waals surface area contributed by atoms with Gasteiger partial charge in [-0.15, -0.1) is 0 Å². The Kier molecular flexibility index (Phi) is 8.65. The molecule has 1 amide bonds. The van der Waals surface area contributed by atoms with Crippen molar-refractivity contribution in [3.8, 4) is 5.75 Å². The van der Waals surface area contributed by atoms with E-state index >= 15 is 0 Å². The topological polar surface area (TPSA) is 110 Å². The molecule has 0 bridgehead atoms. The van der Waals surface area contributed by atoms with E-state index in [4.69, 9.17) is 14.2 Å². The zero-order valence-corrected chi connectivity index (χ0v) is 18.8. The predicted octanol–water partition coefficient (Wildman–Crippen LogP) is 3.39. The number of rotatable bonds is 8. The van der Waals surface area contributed by atoms with Gasteiger partial charge in [0.2, 0.25) is 0 Å². The SMILES string of the molecule is CCOC(=O)/C(=N\Nc1ccc(OC)cc1)[C@H]1CCN(C(=O)OCc2ccccc2)C(O)C1. The van der Waals surface area contributed by atoms with E-state index in [0.717, 1.165) is 5.56 Å². The van der Waals surface area contributed by atoms with E-state index in [9.17, 15) is 14.7 Å². The molecule has 176 valence electrons. The number of benzene rings is 2. The number of carbonyl (C=O) groups is 2. The number of methoxy groups -OCH3 is 1. The van der Waals surface area contributed by atoms with Crippen LogP contribution in [0.25, 0.3) is 0 Å². The number of hydrogen-bond acceptors (Lipinski definition) is 8. The molecule has 9 heteroatoms. The zero-order valence-electron chi connectivity index (χ0n) is 18.8. The molecule has 1 fully saturated rings. The molecule has 2 aromatic rings. The van der Waals surface area contributed by atoms with E-state index in [2.05, 4.69) is 10.5 Å². The van der Waals surface area contributed by atoms with Crippen molar-refractivity contribution in [2.45, 2.75) is 32.6 Å². The highest BCUT2D eigenvalue weighted by Gasteiger charge is 2.36. The number of nitrogens with one attached hydrogen (secondary N) is 1. The molecule has 0 aromatic heterocycles. The fourth-order valence-electron chi connectivity index (χ4n) is 3.51. The molecule has 9 nitrogen and oxygen atoms in total. The van der Waals surface area contributed by atoms with Crippen LogP contribution in [0, 0.1) is 5.92 Å². The van der Waals surface area contributed by atoms with Crippen molar-refractivity contribution in [3.63, 3.8) is 0 Å². The normalized spacial score (nSPS) is 18.4. The van der Waals surface area contributed by atoms with Crippen LogP contribution in [0.15, 0.2) is 59.7 Å². The van der Waals surface area contributed by atoms with Crippen molar-refractivity contribution in [1.29, 1.82) is 0 Å². The fourth-order valence-corrected chi connectivity index (χ4v) is 3.51. The highest BCUT2D eigenvalue weighted by Crippen LogP contribution is 2.25. The molecular weight excluding hydrogens is 426 g/mol. The van der Waals surface area contributed by atoms with E-state index in [1.54, 1.807) is 38.3 Å². The molecule has 0 saturated carbocycles. The minimum atomic E-state index is -1.10. The number of hydrogen-bond donors (Lipinski definition) is 2. The van der Waals surface area contributed by atoms with Crippen molar-refractivity contribution in [2.24, 2.45) is 11.0 Å². The van der Waals surface area contributed by atoms with Crippen molar-refractivity contribution in [1.82, 2.24) is 4.90 Å². The number of amides is 1. The molecule has 2 N–H and O–H groups in total. The lowest BCUT2D eigenvalue weighted by Gasteiger charge is -2.35. The lowest BCUT2D eigenvalue weighted by molar-refractivity contribution is -0.135. The summed E-state index contributed by atoms with van der Waals surface area (Å²) in [7, 11) is 1.58. The van der Waals surface area contributed by atoms with E-state index in [1.807, 2.05) is 30.3 Å². The van der Waals surface area contributed by atoms with Crippen LogP contribution in [0.1, 0.15) is 25.3 Å². The second-order valence-corrected chi connectivity index (χ2v) is 7.49. The standard InChI is InChI=1S/C24H29N3O6/c1-3-32-23(29)22(26-25-19-9-11-20(31-2)12-10-19)18-13-14-27(21(28)15-18)24(30)33-16-17-7-5-4-6-8-17/h4-12,18,21,25,28H,3,13-16H2,1-2H3/b26-22-/t18-,21?/m0/s1. The summed E-state index contributed by atoms with van der Waals surface area (Å²) in [6.45, 7) is 2.26. The maximum absolute atomic E-state index is 12.5. The van der Waals surface area contributed by atoms with Gasteiger partial charge in [-0.05, 0) is 43.2 Å². The number of hydrazone groups is 1. The Morgan fingerprint density at radius 1 is 1.12 bits per heavy atom. The molecule has 2 atom stereocenters. The number of anilines is 1. The zero-order chi connectivity index (χ0) is 23.6. The van der Waals surface area contributed by atoms with Crippen molar-refractivity contribution >= 4 is 23.5 Å². The van der Waals surface area contributed by atoms with Gasteiger partial charge < -0.3 is 19.3 Å². The Labute approximate surface area is 192 Å². The number of piperidine rings is 1. The Morgan fingerprint density at radius 2 is 1.85 bits per heavy atom. The summed E-state index contributed by atoms with van der Waals surface area (Å²) >= 11 is 0. The second-order valence-electron chi connectivity index (χ2n) is 7.49. The summed E-state index contributed by atoms with van der Waals surface area (Å²) in [5.74, 6) is -0.247. The lowest BCUT2D eigenvalue weighted by Crippen LogP contribution is -2.48. The number of carbonyl (C=O) groups excluding carboxylic acids is 2. The molecule has 2 aromatic carbocycles. The van der Waals surface area contributed by atoms with E-state index in [1.165, 1.54) is 4.90 Å². The molecule has 1 unspecified atom stereocenters. The summed E-state index contributed by atoms with van der Waals surface area (Å²) in [4.78, 5) is 26.3. The van der Waals surface area contributed by atoms with Gasteiger partial charge in [-0.3, -0.25) is 10.3 Å². The van der Waals surface area contributed by atoms with Gasteiger partial charge in [0.1, 0.15) is 24.3 Å².